The molecule has 1 aliphatic rings. The number of hydrogen-bond acceptors (Lipinski definition) is 5. The van der Waals surface area contributed by atoms with E-state index in [4.69, 9.17) is 16.3 Å². The van der Waals surface area contributed by atoms with Gasteiger partial charge < -0.3 is 9.64 Å². The summed E-state index contributed by atoms with van der Waals surface area (Å²) in [5, 5.41) is 0.264. The second-order valence-electron chi connectivity index (χ2n) is 5.84. The fraction of sp³-hybridized carbons (Fsp3) is 0.353. The van der Waals surface area contributed by atoms with Gasteiger partial charge in [0.1, 0.15) is 10.0 Å². The molecule has 2 aromatic rings. The zero-order valence-corrected chi connectivity index (χ0v) is 15.5. The fourth-order valence-electron chi connectivity index (χ4n) is 2.67. The molecule has 0 atom stereocenters. The van der Waals surface area contributed by atoms with Gasteiger partial charge in [-0.2, -0.15) is 4.31 Å². The number of sulfonamides is 1. The molecule has 1 fully saturated rings. The minimum Gasteiger partial charge on any atom is -0.378 e. The number of morpholine rings is 1. The average Bonchev–Trinajstić information content (AvgIpc) is 2.63. The lowest BCUT2D eigenvalue weighted by Crippen LogP contribution is -2.36. The highest BCUT2D eigenvalue weighted by atomic mass is 35.5. The van der Waals surface area contributed by atoms with Crippen LogP contribution in [-0.2, 0) is 21.3 Å². The van der Waals surface area contributed by atoms with E-state index in [1.807, 2.05) is 24.3 Å². The first-order chi connectivity index (χ1) is 12.0. The van der Waals surface area contributed by atoms with Gasteiger partial charge >= 0.3 is 0 Å². The van der Waals surface area contributed by atoms with Crippen LogP contribution in [0.5, 0.6) is 0 Å². The molecule has 1 aliphatic heterocycles. The van der Waals surface area contributed by atoms with Crippen LogP contribution in [0.3, 0.4) is 0 Å². The van der Waals surface area contributed by atoms with E-state index < -0.39 is 10.0 Å². The van der Waals surface area contributed by atoms with Crippen LogP contribution >= 0.6 is 11.6 Å². The Balaban J connectivity index is 1.69. The SMILES string of the molecule is CN(Cc1ccc(N2CCOCC2)cc1)S(=O)(=O)c1ccc(Cl)nc1. The first-order valence-corrected chi connectivity index (χ1v) is 9.78. The Morgan fingerprint density at radius 3 is 2.44 bits per heavy atom. The van der Waals surface area contributed by atoms with E-state index in [0.717, 1.165) is 37.6 Å². The molecule has 0 saturated carbocycles. The molecule has 6 nitrogen and oxygen atoms in total. The summed E-state index contributed by atoms with van der Waals surface area (Å²) in [4.78, 5) is 6.23. The number of nitrogens with zero attached hydrogens (tertiary/aromatic N) is 3. The van der Waals surface area contributed by atoms with E-state index in [1.54, 1.807) is 7.05 Å². The lowest BCUT2D eigenvalue weighted by atomic mass is 10.2. The topological polar surface area (TPSA) is 62.7 Å². The van der Waals surface area contributed by atoms with Crippen LogP contribution in [0.1, 0.15) is 5.56 Å². The van der Waals surface area contributed by atoms with Gasteiger partial charge in [-0.1, -0.05) is 23.7 Å². The Morgan fingerprint density at radius 2 is 1.84 bits per heavy atom. The molecular formula is C17H20ClN3O3S. The lowest BCUT2D eigenvalue weighted by Gasteiger charge is -2.29. The van der Waals surface area contributed by atoms with Crippen molar-refractivity contribution >= 4 is 27.3 Å². The first kappa shape index (κ1) is 18.1. The van der Waals surface area contributed by atoms with E-state index in [0.29, 0.717) is 0 Å². The van der Waals surface area contributed by atoms with Crippen LogP contribution in [0.15, 0.2) is 47.5 Å². The maximum absolute atomic E-state index is 12.6. The van der Waals surface area contributed by atoms with Gasteiger partial charge in [-0.3, -0.25) is 0 Å². The molecule has 25 heavy (non-hydrogen) atoms. The molecule has 0 bridgehead atoms. The van der Waals surface area contributed by atoms with Crippen molar-refractivity contribution < 1.29 is 13.2 Å². The van der Waals surface area contributed by atoms with Crippen LogP contribution in [0, 0.1) is 0 Å². The Bertz CT molecular complexity index is 804. The summed E-state index contributed by atoms with van der Waals surface area (Å²) in [7, 11) is -2.04. The van der Waals surface area contributed by atoms with Crippen molar-refractivity contribution in [3.8, 4) is 0 Å². The Hall–Kier alpha value is -1.67. The maximum atomic E-state index is 12.6. The molecule has 0 radical (unpaired) electrons. The number of ether oxygens (including phenoxy) is 1. The predicted octanol–water partition coefficient (Wildman–Crippen LogP) is 2.39. The molecule has 0 spiro atoms. The number of hydrogen-bond donors (Lipinski definition) is 0. The third kappa shape index (κ3) is 4.30. The van der Waals surface area contributed by atoms with Crippen molar-refractivity contribution in [2.45, 2.75) is 11.4 Å². The summed E-state index contributed by atoms with van der Waals surface area (Å²) >= 11 is 5.72. The molecule has 1 aromatic heterocycles. The number of anilines is 1. The molecule has 1 saturated heterocycles. The second-order valence-corrected chi connectivity index (χ2v) is 8.28. The summed E-state index contributed by atoms with van der Waals surface area (Å²) in [6, 6.07) is 10.9. The number of rotatable bonds is 5. The van der Waals surface area contributed by atoms with E-state index in [-0.39, 0.29) is 16.6 Å². The molecule has 3 rings (SSSR count). The van der Waals surface area contributed by atoms with Crippen molar-refractivity contribution in [1.82, 2.24) is 9.29 Å². The molecule has 1 aromatic carbocycles. The lowest BCUT2D eigenvalue weighted by molar-refractivity contribution is 0.122. The summed E-state index contributed by atoms with van der Waals surface area (Å²) in [5.41, 5.74) is 2.05. The number of pyridine rings is 1. The molecule has 8 heteroatoms. The normalized spacial score (nSPS) is 15.6. The highest BCUT2D eigenvalue weighted by molar-refractivity contribution is 7.89. The number of aromatic nitrogens is 1. The molecule has 2 heterocycles. The summed E-state index contributed by atoms with van der Waals surface area (Å²) in [6.07, 6.45) is 1.27. The Labute approximate surface area is 153 Å². The third-order valence-corrected chi connectivity index (χ3v) is 6.14. The quantitative estimate of drug-likeness (QED) is 0.744. The largest absolute Gasteiger partial charge is 0.378 e. The average molecular weight is 382 g/mol. The minimum absolute atomic E-state index is 0.129. The van der Waals surface area contributed by atoms with Crippen LogP contribution in [-0.4, -0.2) is 51.1 Å². The van der Waals surface area contributed by atoms with Crippen molar-refractivity contribution in [2.24, 2.45) is 0 Å². The van der Waals surface area contributed by atoms with E-state index in [9.17, 15) is 8.42 Å². The van der Waals surface area contributed by atoms with Gasteiger partial charge in [-0.25, -0.2) is 13.4 Å². The third-order valence-electron chi connectivity index (χ3n) is 4.13. The van der Waals surface area contributed by atoms with Crippen molar-refractivity contribution in [3.05, 3.63) is 53.3 Å². The Morgan fingerprint density at radius 1 is 1.16 bits per heavy atom. The van der Waals surface area contributed by atoms with Crippen LogP contribution in [0.2, 0.25) is 5.15 Å². The summed E-state index contributed by atoms with van der Waals surface area (Å²) in [5.74, 6) is 0. The molecular weight excluding hydrogens is 362 g/mol. The summed E-state index contributed by atoms with van der Waals surface area (Å²) < 4.78 is 31.8. The zero-order chi connectivity index (χ0) is 17.9. The van der Waals surface area contributed by atoms with Gasteiger partial charge in [-0.05, 0) is 29.8 Å². The monoisotopic (exact) mass is 381 g/mol. The second kappa shape index (κ2) is 7.70. The molecule has 0 amide bonds. The molecule has 0 aliphatic carbocycles. The van der Waals surface area contributed by atoms with Gasteiger partial charge in [-0.15, -0.1) is 0 Å². The Kier molecular flexibility index (Phi) is 5.58. The molecule has 0 unspecified atom stereocenters. The van der Waals surface area contributed by atoms with Gasteiger partial charge in [0.2, 0.25) is 10.0 Å². The van der Waals surface area contributed by atoms with E-state index in [2.05, 4.69) is 9.88 Å². The zero-order valence-electron chi connectivity index (χ0n) is 13.9. The van der Waals surface area contributed by atoms with Crippen molar-refractivity contribution in [2.75, 3.05) is 38.3 Å². The molecule has 0 N–H and O–H groups in total. The number of benzene rings is 1. The highest BCUT2D eigenvalue weighted by Crippen LogP contribution is 2.20. The minimum atomic E-state index is -3.60. The summed E-state index contributed by atoms with van der Waals surface area (Å²) in [6.45, 7) is 3.50. The van der Waals surface area contributed by atoms with Gasteiger partial charge in [0.15, 0.2) is 0 Å². The smallest absolute Gasteiger partial charge is 0.244 e. The maximum Gasteiger partial charge on any atom is 0.244 e. The van der Waals surface area contributed by atoms with Gasteiger partial charge in [0, 0.05) is 38.6 Å². The number of halogens is 1. The predicted molar refractivity (Wildman–Crippen MR) is 97.4 cm³/mol. The van der Waals surface area contributed by atoms with Crippen molar-refractivity contribution in [1.29, 1.82) is 0 Å². The van der Waals surface area contributed by atoms with E-state index >= 15 is 0 Å². The van der Waals surface area contributed by atoms with E-state index in [1.165, 1.54) is 22.6 Å². The van der Waals surface area contributed by atoms with Gasteiger partial charge in [0.05, 0.1) is 13.2 Å². The first-order valence-electron chi connectivity index (χ1n) is 7.96. The van der Waals surface area contributed by atoms with Crippen LogP contribution < -0.4 is 4.90 Å². The van der Waals surface area contributed by atoms with Gasteiger partial charge in [0.25, 0.3) is 0 Å². The van der Waals surface area contributed by atoms with Crippen LogP contribution in [0.25, 0.3) is 0 Å². The van der Waals surface area contributed by atoms with Crippen molar-refractivity contribution in [3.63, 3.8) is 0 Å². The highest BCUT2D eigenvalue weighted by Gasteiger charge is 2.21. The molecule has 134 valence electrons. The fourth-order valence-corrected chi connectivity index (χ4v) is 3.89. The van der Waals surface area contributed by atoms with Crippen LogP contribution in [0.4, 0.5) is 5.69 Å². The standard InChI is InChI=1S/C17H20ClN3O3S/c1-20(25(22,23)16-6-7-17(18)19-12-16)13-14-2-4-15(5-3-14)21-8-10-24-11-9-21/h2-7,12H,8-11,13H2,1H3.